The first kappa shape index (κ1) is 17.2. The number of rotatable bonds is 6. The second-order valence-corrected chi connectivity index (χ2v) is 6.70. The minimum Gasteiger partial charge on any atom is -0.372 e. The van der Waals surface area contributed by atoms with Crippen LogP contribution in [0.2, 0.25) is 0 Å². The van der Waals surface area contributed by atoms with Gasteiger partial charge in [0.2, 0.25) is 0 Å². The second-order valence-electron chi connectivity index (χ2n) is 6.70. The Morgan fingerprint density at radius 3 is 2.86 bits per heavy atom. The van der Waals surface area contributed by atoms with Crippen molar-refractivity contribution in [1.29, 1.82) is 0 Å². The van der Waals surface area contributed by atoms with Crippen LogP contribution in [0, 0.1) is 12.8 Å². The zero-order chi connectivity index (χ0) is 16.1. The van der Waals surface area contributed by atoms with Crippen molar-refractivity contribution in [2.24, 2.45) is 5.92 Å². The molecule has 22 heavy (non-hydrogen) atoms. The molecule has 1 aromatic rings. The molecule has 1 aromatic heterocycles. The van der Waals surface area contributed by atoms with E-state index < -0.39 is 0 Å². The van der Waals surface area contributed by atoms with Gasteiger partial charge in [-0.15, -0.1) is 0 Å². The number of aromatic amines is 1. The molecule has 1 aliphatic rings. The number of aromatic nitrogens is 2. The Hall–Kier alpha value is -1.20. The van der Waals surface area contributed by atoms with Crippen LogP contribution in [0.3, 0.4) is 0 Å². The summed E-state index contributed by atoms with van der Waals surface area (Å²) in [6.45, 7) is 11.0. The first-order chi connectivity index (χ1) is 10.5. The van der Waals surface area contributed by atoms with Crippen molar-refractivity contribution in [1.82, 2.24) is 14.9 Å². The molecular weight excluding hydrogens is 278 g/mol. The van der Waals surface area contributed by atoms with Crippen LogP contribution in [-0.4, -0.2) is 40.2 Å². The Bertz CT molecular complexity index is 527. The van der Waals surface area contributed by atoms with E-state index in [1.807, 2.05) is 6.92 Å². The van der Waals surface area contributed by atoms with Gasteiger partial charge in [-0.2, -0.15) is 0 Å². The smallest absolute Gasteiger partial charge is 0.251 e. The zero-order valence-electron chi connectivity index (χ0n) is 14.3. The monoisotopic (exact) mass is 307 g/mol. The highest BCUT2D eigenvalue weighted by Gasteiger charge is 2.29. The van der Waals surface area contributed by atoms with Crippen LogP contribution in [-0.2, 0) is 11.3 Å². The molecule has 0 unspecified atom stereocenters. The largest absolute Gasteiger partial charge is 0.372 e. The van der Waals surface area contributed by atoms with Gasteiger partial charge in [-0.3, -0.25) is 9.69 Å². The van der Waals surface area contributed by atoms with E-state index in [4.69, 9.17) is 4.74 Å². The van der Waals surface area contributed by atoms with Crippen molar-refractivity contribution in [3.05, 3.63) is 27.9 Å². The molecule has 0 aliphatic carbocycles. The third-order valence-electron chi connectivity index (χ3n) is 4.19. The summed E-state index contributed by atoms with van der Waals surface area (Å²) >= 11 is 0. The fraction of sp³-hybridized carbons (Fsp3) is 0.765. The summed E-state index contributed by atoms with van der Waals surface area (Å²) in [5, 5.41) is 0. The number of nitrogens with one attached hydrogen (secondary N) is 1. The van der Waals surface area contributed by atoms with Crippen molar-refractivity contribution >= 4 is 0 Å². The molecule has 5 heteroatoms. The van der Waals surface area contributed by atoms with Crippen LogP contribution in [0.15, 0.2) is 10.9 Å². The van der Waals surface area contributed by atoms with E-state index in [-0.39, 0.29) is 11.7 Å². The van der Waals surface area contributed by atoms with Gasteiger partial charge in [0.25, 0.3) is 5.56 Å². The molecule has 0 bridgehead atoms. The van der Waals surface area contributed by atoms with Gasteiger partial charge in [0.1, 0.15) is 5.82 Å². The minimum absolute atomic E-state index is 0.0706. The summed E-state index contributed by atoms with van der Waals surface area (Å²) in [6, 6.07) is 1.61. The number of nitrogens with zero attached hydrogens (tertiary/aromatic N) is 2. The average Bonchev–Trinajstić information content (AvgIpc) is 2.43. The number of H-pyrrole nitrogens is 1. The Labute approximate surface area is 133 Å². The predicted octanol–water partition coefficient (Wildman–Crippen LogP) is 2.49. The summed E-state index contributed by atoms with van der Waals surface area (Å²) in [7, 11) is 0. The number of morpholine rings is 1. The lowest BCUT2D eigenvalue weighted by Crippen LogP contribution is -2.49. The van der Waals surface area contributed by atoms with Crippen LogP contribution in [0.1, 0.15) is 51.6 Å². The highest BCUT2D eigenvalue weighted by molar-refractivity contribution is 5.02. The van der Waals surface area contributed by atoms with Crippen LogP contribution < -0.4 is 5.56 Å². The molecule has 0 radical (unpaired) electrons. The van der Waals surface area contributed by atoms with Crippen LogP contribution >= 0.6 is 0 Å². The van der Waals surface area contributed by atoms with Gasteiger partial charge >= 0.3 is 0 Å². The molecule has 1 aliphatic heterocycles. The standard InChI is InChI=1S/C17H29N3O2/c1-5-6-7-15-10-20(11-16(22-15)12(2)3)9-14-8-17(21)19-13(4)18-14/h8,12,15-16H,5-7,9-11H2,1-4H3,(H,18,19,21)/t15-,16-/m1/s1. The molecule has 1 saturated heterocycles. The normalized spacial score (nSPS) is 23.1. The van der Waals surface area contributed by atoms with Crippen molar-refractivity contribution in [3.8, 4) is 0 Å². The van der Waals surface area contributed by atoms with Crippen molar-refractivity contribution in [2.45, 2.75) is 65.7 Å². The molecule has 124 valence electrons. The fourth-order valence-corrected chi connectivity index (χ4v) is 2.99. The first-order valence-corrected chi connectivity index (χ1v) is 8.42. The van der Waals surface area contributed by atoms with Gasteiger partial charge in [-0.25, -0.2) is 4.98 Å². The number of hydrogen-bond acceptors (Lipinski definition) is 4. The molecule has 2 rings (SSSR count). The van der Waals surface area contributed by atoms with Crippen LogP contribution in [0.5, 0.6) is 0 Å². The van der Waals surface area contributed by atoms with E-state index in [1.54, 1.807) is 6.07 Å². The molecule has 1 N–H and O–H groups in total. The number of ether oxygens (including phenoxy) is 1. The van der Waals surface area contributed by atoms with Gasteiger partial charge in [0, 0.05) is 25.7 Å². The lowest BCUT2D eigenvalue weighted by atomic mass is 10.0. The Morgan fingerprint density at radius 1 is 1.45 bits per heavy atom. The van der Waals surface area contributed by atoms with Gasteiger partial charge in [0.05, 0.1) is 17.9 Å². The molecule has 0 spiro atoms. The lowest BCUT2D eigenvalue weighted by Gasteiger charge is -2.39. The molecule has 2 atom stereocenters. The van der Waals surface area contributed by atoms with E-state index in [1.165, 1.54) is 12.8 Å². The van der Waals surface area contributed by atoms with Crippen molar-refractivity contribution in [3.63, 3.8) is 0 Å². The molecule has 2 heterocycles. The maximum atomic E-state index is 11.6. The number of aryl methyl sites for hydroxylation is 1. The summed E-state index contributed by atoms with van der Waals surface area (Å²) < 4.78 is 6.24. The fourth-order valence-electron chi connectivity index (χ4n) is 2.99. The van der Waals surface area contributed by atoms with Crippen molar-refractivity contribution in [2.75, 3.05) is 13.1 Å². The molecule has 1 fully saturated rings. The molecule has 0 amide bonds. The Morgan fingerprint density at radius 2 is 2.23 bits per heavy atom. The summed E-state index contributed by atoms with van der Waals surface area (Å²) in [5.74, 6) is 1.18. The lowest BCUT2D eigenvalue weighted by molar-refractivity contribution is -0.108. The van der Waals surface area contributed by atoms with Gasteiger partial charge in [-0.05, 0) is 19.3 Å². The molecular formula is C17H29N3O2. The van der Waals surface area contributed by atoms with E-state index in [2.05, 4.69) is 35.6 Å². The second kappa shape index (κ2) is 7.88. The minimum atomic E-state index is -0.0706. The van der Waals surface area contributed by atoms with E-state index in [0.29, 0.717) is 17.8 Å². The summed E-state index contributed by atoms with van der Waals surface area (Å²) in [5.41, 5.74) is 0.776. The maximum absolute atomic E-state index is 11.6. The van der Waals surface area contributed by atoms with Crippen molar-refractivity contribution < 1.29 is 4.74 Å². The van der Waals surface area contributed by atoms with Crippen LogP contribution in [0.4, 0.5) is 0 Å². The molecule has 0 aromatic carbocycles. The summed E-state index contributed by atoms with van der Waals surface area (Å²) in [4.78, 5) is 21.1. The average molecular weight is 307 g/mol. The van der Waals surface area contributed by atoms with Gasteiger partial charge in [0.15, 0.2) is 0 Å². The molecule has 0 saturated carbocycles. The quantitative estimate of drug-likeness (QED) is 0.877. The SMILES string of the molecule is CCCC[C@@H]1CN(Cc2cc(=O)[nH]c(C)n2)C[C@H](C(C)C)O1. The van der Waals surface area contributed by atoms with E-state index >= 15 is 0 Å². The first-order valence-electron chi connectivity index (χ1n) is 8.42. The third kappa shape index (κ3) is 4.92. The summed E-state index contributed by atoms with van der Waals surface area (Å²) in [6.07, 6.45) is 4.06. The maximum Gasteiger partial charge on any atom is 0.251 e. The van der Waals surface area contributed by atoms with E-state index in [9.17, 15) is 4.79 Å². The zero-order valence-corrected chi connectivity index (χ0v) is 14.3. The predicted molar refractivity (Wildman–Crippen MR) is 87.9 cm³/mol. The van der Waals surface area contributed by atoms with E-state index in [0.717, 1.165) is 31.7 Å². The Balaban J connectivity index is 2.05. The van der Waals surface area contributed by atoms with Gasteiger partial charge < -0.3 is 9.72 Å². The number of hydrogen-bond donors (Lipinski definition) is 1. The highest BCUT2D eigenvalue weighted by atomic mass is 16.5. The van der Waals surface area contributed by atoms with Gasteiger partial charge in [-0.1, -0.05) is 33.6 Å². The van der Waals surface area contributed by atoms with Crippen LogP contribution in [0.25, 0.3) is 0 Å². The molecule has 5 nitrogen and oxygen atoms in total. The third-order valence-corrected chi connectivity index (χ3v) is 4.19. The Kier molecular flexibility index (Phi) is 6.15. The highest BCUT2D eigenvalue weighted by Crippen LogP contribution is 2.21. The number of unbranched alkanes of at least 4 members (excludes halogenated alkanes) is 1. The topological polar surface area (TPSA) is 58.2 Å².